The van der Waals surface area contributed by atoms with E-state index in [0.717, 1.165) is 10.6 Å². The van der Waals surface area contributed by atoms with Crippen LogP contribution >= 0.6 is 11.8 Å². The highest BCUT2D eigenvalue weighted by Gasteiger charge is 2.10. The van der Waals surface area contributed by atoms with Gasteiger partial charge < -0.3 is 11.1 Å². The molecule has 7 heteroatoms. The molecule has 0 unspecified atom stereocenters. The molecule has 106 valence electrons. The highest BCUT2D eigenvalue weighted by Crippen LogP contribution is 2.27. The third kappa shape index (κ3) is 3.44. The van der Waals surface area contributed by atoms with Crippen LogP contribution in [0.5, 0.6) is 0 Å². The number of benzene rings is 2. The lowest BCUT2D eigenvalue weighted by Crippen LogP contribution is -2.12. The van der Waals surface area contributed by atoms with Crippen LogP contribution in [0.1, 0.15) is 0 Å². The number of thioether (sulfide) groups is 1. The molecule has 20 heavy (non-hydrogen) atoms. The minimum atomic E-state index is -3.74. The fourth-order valence-corrected chi connectivity index (χ4v) is 2.70. The Morgan fingerprint density at radius 3 is 2.50 bits per heavy atom. The topological polar surface area (TPSA) is 98.2 Å². The third-order valence-corrected chi connectivity index (χ3v) is 4.34. The average molecular weight is 309 g/mol. The minimum absolute atomic E-state index is 0.00147. The maximum Gasteiger partial charge on any atom is 0.238 e. The summed E-state index contributed by atoms with van der Waals surface area (Å²) in [7, 11) is -3.74. The van der Waals surface area contributed by atoms with Crippen LogP contribution in [0.2, 0.25) is 0 Å². The van der Waals surface area contributed by atoms with E-state index in [-0.39, 0.29) is 4.90 Å². The van der Waals surface area contributed by atoms with Gasteiger partial charge in [-0.3, -0.25) is 0 Å². The fourth-order valence-electron chi connectivity index (χ4n) is 1.69. The zero-order chi connectivity index (χ0) is 14.8. The Kier molecular flexibility index (Phi) is 4.22. The van der Waals surface area contributed by atoms with Crippen molar-refractivity contribution >= 4 is 38.8 Å². The van der Waals surface area contributed by atoms with Gasteiger partial charge in [-0.05, 0) is 42.7 Å². The number of hydrogen-bond donors (Lipinski definition) is 3. The van der Waals surface area contributed by atoms with Crippen molar-refractivity contribution in [3.63, 3.8) is 0 Å². The minimum Gasteiger partial charge on any atom is -0.397 e. The van der Waals surface area contributed by atoms with Gasteiger partial charge in [0.05, 0.1) is 16.3 Å². The molecule has 2 aromatic carbocycles. The lowest BCUT2D eigenvalue weighted by atomic mass is 10.2. The second-order valence-corrected chi connectivity index (χ2v) is 6.59. The first-order valence-electron chi connectivity index (χ1n) is 5.73. The first kappa shape index (κ1) is 14.7. The Balaban J connectivity index is 2.30. The molecule has 0 bridgehead atoms. The average Bonchev–Trinajstić information content (AvgIpc) is 2.40. The maximum atomic E-state index is 11.2. The summed E-state index contributed by atoms with van der Waals surface area (Å²) in [5, 5.41) is 8.21. The molecule has 5 nitrogen and oxygen atoms in total. The summed E-state index contributed by atoms with van der Waals surface area (Å²) >= 11 is 1.64. The van der Waals surface area contributed by atoms with Gasteiger partial charge in [-0.1, -0.05) is 6.07 Å². The number of nitrogens with two attached hydrogens (primary N) is 2. The van der Waals surface area contributed by atoms with E-state index >= 15 is 0 Å². The normalized spacial score (nSPS) is 11.3. The van der Waals surface area contributed by atoms with Crippen molar-refractivity contribution in [2.45, 2.75) is 9.79 Å². The number of hydrogen-bond acceptors (Lipinski definition) is 5. The zero-order valence-corrected chi connectivity index (χ0v) is 12.5. The molecule has 2 rings (SSSR count). The van der Waals surface area contributed by atoms with Gasteiger partial charge in [-0.25, -0.2) is 13.6 Å². The SMILES string of the molecule is CSc1cccc(Nc2ccc(S(N)(=O)=O)cc2N)c1. The van der Waals surface area contributed by atoms with Gasteiger partial charge in [0.25, 0.3) is 0 Å². The van der Waals surface area contributed by atoms with Crippen LogP contribution < -0.4 is 16.2 Å². The van der Waals surface area contributed by atoms with Crippen molar-refractivity contribution in [1.29, 1.82) is 0 Å². The smallest absolute Gasteiger partial charge is 0.238 e. The largest absolute Gasteiger partial charge is 0.397 e. The predicted molar refractivity (Wildman–Crippen MR) is 83.7 cm³/mol. The van der Waals surface area contributed by atoms with Gasteiger partial charge in [0.15, 0.2) is 0 Å². The van der Waals surface area contributed by atoms with Crippen molar-refractivity contribution < 1.29 is 8.42 Å². The number of anilines is 3. The molecule has 0 spiro atoms. The molecular formula is C13H15N3O2S2. The van der Waals surface area contributed by atoms with E-state index in [9.17, 15) is 8.42 Å². The summed E-state index contributed by atoms with van der Waals surface area (Å²) in [5.41, 5.74) is 7.69. The van der Waals surface area contributed by atoms with Crippen molar-refractivity contribution in [2.24, 2.45) is 5.14 Å². The molecule has 0 radical (unpaired) electrons. The van der Waals surface area contributed by atoms with Gasteiger partial charge in [-0.15, -0.1) is 11.8 Å². The van der Waals surface area contributed by atoms with Gasteiger partial charge in [0.1, 0.15) is 0 Å². The second kappa shape index (κ2) is 5.74. The lowest BCUT2D eigenvalue weighted by Gasteiger charge is -2.11. The molecule has 2 aromatic rings. The fraction of sp³-hybridized carbons (Fsp3) is 0.0769. The summed E-state index contributed by atoms with van der Waals surface area (Å²) in [6, 6.07) is 12.2. The van der Waals surface area contributed by atoms with Crippen LogP contribution in [0, 0.1) is 0 Å². The molecule has 0 aliphatic heterocycles. The number of nitrogen functional groups attached to an aromatic ring is 1. The molecule has 0 aliphatic rings. The van der Waals surface area contributed by atoms with E-state index in [4.69, 9.17) is 10.9 Å². The Morgan fingerprint density at radius 1 is 1.15 bits per heavy atom. The number of sulfonamides is 1. The molecule has 0 heterocycles. The molecule has 0 atom stereocenters. The zero-order valence-electron chi connectivity index (χ0n) is 10.8. The highest BCUT2D eigenvalue weighted by atomic mass is 32.2. The standard InChI is InChI=1S/C13H15N3O2S2/c1-19-10-4-2-3-9(7-10)16-13-6-5-11(8-12(13)14)20(15,17)18/h2-8,16H,14H2,1H3,(H2,15,17,18). The van der Waals surface area contributed by atoms with E-state index in [1.165, 1.54) is 12.1 Å². The summed E-state index contributed by atoms with van der Waals surface area (Å²) in [4.78, 5) is 1.12. The van der Waals surface area contributed by atoms with Gasteiger partial charge in [0, 0.05) is 10.6 Å². The Hall–Kier alpha value is -1.70. The first-order chi connectivity index (χ1) is 9.40. The first-order valence-corrected chi connectivity index (χ1v) is 8.50. The monoisotopic (exact) mass is 309 g/mol. The molecule has 0 amide bonds. The number of nitrogens with one attached hydrogen (secondary N) is 1. The third-order valence-electron chi connectivity index (χ3n) is 2.70. The summed E-state index contributed by atoms with van der Waals surface area (Å²) in [6.45, 7) is 0. The molecule has 0 saturated heterocycles. The van der Waals surface area contributed by atoms with Gasteiger partial charge in [0.2, 0.25) is 10.0 Å². The van der Waals surface area contributed by atoms with E-state index in [0.29, 0.717) is 11.4 Å². The number of primary sulfonamides is 1. The number of rotatable bonds is 4. The van der Waals surface area contributed by atoms with Gasteiger partial charge in [-0.2, -0.15) is 0 Å². The van der Waals surface area contributed by atoms with E-state index < -0.39 is 10.0 Å². The van der Waals surface area contributed by atoms with Crippen LogP contribution in [0.3, 0.4) is 0 Å². The Morgan fingerprint density at radius 2 is 1.90 bits per heavy atom. The van der Waals surface area contributed by atoms with Gasteiger partial charge >= 0.3 is 0 Å². The Bertz CT molecular complexity index is 730. The molecule has 0 saturated carbocycles. The quantitative estimate of drug-likeness (QED) is 0.595. The molecular weight excluding hydrogens is 294 g/mol. The lowest BCUT2D eigenvalue weighted by molar-refractivity contribution is 0.598. The molecule has 5 N–H and O–H groups in total. The molecule has 0 aromatic heterocycles. The van der Waals surface area contributed by atoms with Crippen LogP contribution in [-0.4, -0.2) is 14.7 Å². The van der Waals surface area contributed by atoms with Crippen LogP contribution in [0.15, 0.2) is 52.3 Å². The summed E-state index contributed by atoms with van der Waals surface area (Å²) < 4.78 is 22.5. The van der Waals surface area contributed by atoms with Crippen molar-refractivity contribution in [2.75, 3.05) is 17.3 Å². The molecule has 0 fully saturated rings. The van der Waals surface area contributed by atoms with Crippen molar-refractivity contribution in [1.82, 2.24) is 0 Å². The van der Waals surface area contributed by atoms with E-state index in [1.807, 2.05) is 30.5 Å². The van der Waals surface area contributed by atoms with Crippen molar-refractivity contribution in [3.05, 3.63) is 42.5 Å². The second-order valence-electron chi connectivity index (χ2n) is 4.15. The van der Waals surface area contributed by atoms with E-state index in [2.05, 4.69) is 5.32 Å². The highest BCUT2D eigenvalue weighted by molar-refractivity contribution is 7.98. The summed E-state index contributed by atoms with van der Waals surface area (Å²) in [5.74, 6) is 0. The van der Waals surface area contributed by atoms with Crippen LogP contribution in [0.4, 0.5) is 17.1 Å². The summed E-state index contributed by atoms with van der Waals surface area (Å²) in [6.07, 6.45) is 1.99. The van der Waals surface area contributed by atoms with E-state index in [1.54, 1.807) is 17.8 Å². The van der Waals surface area contributed by atoms with Crippen LogP contribution in [0.25, 0.3) is 0 Å². The van der Waals surface area contributed by atoms with Crippen LogP contribution in [-0.2, 0) is 10.0 Å². The maximum absolute atomic E-state index is 11.2. The van der Waals surface area contributed by atoms with Crippen molar-refractivity contribution in [3.8, 4) is 0 Å². The Labute approximate surface area is 122 Å². The predicted octanol–water partition coefficient (Wildman–Crippen LogP) is 2.38. The molecule has 0 aliphatic carbocycles.